The van der Waals surface area contributed by atoms with E-state index in [1.165, 1.54) is 0 Å². The second-order valence-electron chi connectivity index (χ2n) is 5.62. The van der Waals surface area contributed by atoms with Gasteiger partial charge in [-0.25, -0.2) is 0 Å². The van der Waals surface area contributed by atoms with E-state index in [2.05, 4.69) is 26.9 Å². The fraction of sp³-hybridized carbons (Fsp3) is 0.238. The Hall–Kier alpha value is -3.66. The predicted molar refractivity (Wildman–Crippen MR) is 112 cm³/mol. The number of methoxy groups -OCH3 is 1. The number of carbonyl (C=O) groups is 1. The molecule has 2 rings (SSSR count). The minimum atomic E-state index is -0.221. The Labute approximate surface area is 165 Å². The summed E-state index contributed by atoms with van der Waals surface area (Å²) in [5.74, 6) is 4.02. The van der Waals surface area contributed by atoms with Crippen molar-refractivity contribution in [2.24, 2.45) is 4.99 Å². The first kappa shape index (κ1) is 20.6. The number of nitrogens with one attached hydrogen (secondary N) is 3. The van der Waals surface area contributed by atoms with Gasteiger partial charge in [0, 0.05) is 30.1 Å². The molecule has 28 heavy (non-hydrogen) atoms. The summed E-state index contributed by atoms with van der Waals surface area (Å²) in [5, 5.41) is 8.86. The second kappa shape index (κ2) is 10.5. The van der Waals surface area contributed by atoms with E-state index in [9.17, 15) is 4.79 Å². The van der Waals surface area contributed by atoms with Crippen LogP contribution in [0.25, 0.3) is 0 Å². The summed E-state index contributed by atoms with van der Waals surface area (Å²) >= 11 is 0. The third-order valence-electron chi connectivity index (χ3n) is 3.68. The van der Waals surface area contributed by atoms with Crippen molar-refractivity contribution >= 4 is 23.2 Å². The van der Waals surface area contributed by atoms with Crippen molar-refractivity contribution in [3.05, 3.63) is 48.0 Å². The molecule has 0 atom stereocenters. The number of nitrogens with zero attached hydrogens (tertiary/aromatic N) is 1. The van der Waals surface area contributed by atoms with Crippen molar-refractivity contribution in [3.8, 4) is 23.8 Å². The molecule has 0 aromatic heterocycles. The van der Waals surface area contributed by atoms with Gasteiger partial charge >= 0.3 is 0 Å². The van der Waals surface area contributed by atoms with Crippen molar-refractivity contribution in [3.63, 3.8) is 0 Å². The van der Waals surface area contributed by atoms with E-state index < -0.39 is 0 Å². The van der Waals surface area contributed by atoms with Crippen molar-refractivity contribution < 1.29 is 14.3 Å². The molecule has 0 aliphatic heterocycles. The lowest BCUT2D eigenvalue weighted by Gasteiger charge is -2.14. The highest BCUT2D eigenvalue weighted by molar-refractivity contribution is 5.99. The van der Waals surface area contributed by atoms with Gasteiger partial charge in [0.2, 0.25) is 5.91 Å². The first-order valence-electron chi connectivity index (χ1n) is 8.74. The zero-order valence-corrected chi connectivity index (χ0v) is 16.2. The Kier molecular flexibility index (Phi) is 7.73. The molecule has 0 saturated carbocycles. The molecule has 7 nitrogen and oxygen atoms in total. The van der Waals surface area contributed by atoms with Crippen molar-refractivity contribution in [2.75, 3.05) is 37.9 Å². The van der Waals surface area contributed by atoms with Gasteiger partial charge in [-0.3, -0.25) is 9.79 Å². The Morgan fingerprint density at radius 1 is 1.14 bits per heavy atom. The van der Waals surface area contributed by atoms with Gasteiger partial charge in [0.15, 0.2) is 17.5 Å². The summed E-state index contributed by atoms with van der Waals surface area (Å²) in [6.07, 6.45) is 5.37. The quantitative estimate of drug-likeness (QED) is 0.391. The molecule has 2 aromatic carbocycles. The summed E-state index contributed by atoms with van der Waals surface area (Å²) in [6, 6.07) is 12.5. The van der Waals surface area contributed by atoms with Gasteiger partial charge in [0.1, 0.15) is 0 Å². The lowest BCUT2D eigenvalue weighted by molar-refractivity contribution is -0.115. The lowest BCUT2D eigenvalue weighted by Crippen LogP contribution is -2.37. The molecular weight excluding hydrogens is 356 g/mol. The highest BCUT2D eigenvalue weighted by atomic mass is 16.5. The minimum absolute atomic E-state index is 0.0361. The number of terminal acetylenes is 1. The van der Waals surface area contributed by atoms with Gasteiger partial charge in [0.05, 0.1) is 20.3 Å². The third-order valence-corrected chi connectivity index (χ3v) is 3.68. The Morgan fingerprint density at radius 2 is 1.93 bits per heavy atom. The van der Waals surface area contributed by atoms with Crippen molar-refractivity contribution in [1.29, 1.82) is 0 Å². The summed E-state index contributed by atoms with van der Waals surface area (Å²) in [5.41, 5.74) is 2.09. The summed E-state index contributed by atoms with van der Waals surface area (Å²) in [7, 11) is 3.21. The van der Waals surface area contributed by atoms with Crippen LogP contribution >= 0.6 is 0 Å². The predicted octanol–water partition coefficient (Wildman–Crippen LogP) is 2.70. The number of carbonyl (C=O) groups excluding carboxylic acids is 1. The van der Waals surface area contributed by atoms with Gasteiger partial charge in [0.25, 0.3) is 0 Å². The van der Waals surface area contributed by atoms with E-state index in [-0.39, 0.29) is 12.5 Å². The van der Waals surface area contributed by atoms with Crippen molar-refractivity contribution in [1.82, 2.24) is 5.32 Å². The van der Waals surface area contributed by atoms with Gasteiger partial charge in [-0.05, 0) is 37.3 Å². The van der Waals surface area contributed by atoms with E-state index in [4.69, 9.17) is 15.9 Å². The molecule has 0 radical (unpaired) electrons. The molecular formula is C21H24N4O3. The Balaban J connectivity index is 1.94. The molecule has 0 aliphatic rings. The summed E-state index contributed by atoms with van der Waals surface area (Å²) in [6.45, 7) is 2.46. The minimum Gasteiger partial charge on any atom is -0.493 e. The van der Waals surface area contributed by atoms with Gasteiger partial charge in [-0.2, -0.15) is 0 Å². The van der Waals surface area contributed by atoms with E-state index in [1.807, 2.05) is 13.0 Å². The van der Waals surface area contributed by atoms with E-state index in [0.717, 1.165) is 5.69 Å². The van der Waals surface area contributed by atoms with Crippen LogP contribution < -0.4 is 25.4 Å². The number of ether oxygens (including phenoxy) is 2. The van der Waals surface area contributed by atoms with Crippen LogP contribution in [0.3, 0.4) is 0 Å². The fourth-order valence-corrected chi connectivity index (χ4v) is 2.39. The number of anilines is 2. The molecule has 1 amide bonds. The molecule has 0 saturated heterocycles. The molecule has 0 heterocycles. The number of amides is 1. The van der Waals surface area contributed by atoms with Crippen LogP contribution in [-0.4, -0.2) is 39.2 Å². The maximum Gasteiger partial charge on any atom is 0.243 e. The molecule has 0 spiro atoms. The number of guanidine groups is 1. The maximum absolute atomic E-state index is 12.2. The van der Waals surface area contributed by atoms with Crippen LogP contribution in [0.5, 0.6) is 11.5 Å². The van der Waals surface area contributed by atoms with Crippen molar-refractivity contribution in [2.45, 2.75) is 6.92 Å². The third kappa shape index (κ3) is 5.95. The average molecular weight is 380 g/mol. The zero-order valence-electron chi connectivity index (χ0n) is 16.2. The number of aliphatic imine (C=N–C) groups is 1. The Morgan fingerprint density at radius 3 is 2.61 bits per heavy atom. The van der Waals surface area contributed by atoms with E-state index >= 15 is 0 Å². The smallest absolute Gasteiger partial charge is 0.243 e. The molecule has 146 valence electrons. The monoisotopic (exact) mass is 380 g/mol. The topological polar surface area (TPSA) is 84.0 Å². The fourth-order valence-electron chi connectivity index (χ4n) is 2.39. The van der Waals surface area contributed by atoms with Gasteiger partial charge in [-0.1, -0.05) is 12.0 Å². The highest BCUT2D eigenvalue weighted by Crippen LogP contribution is 2.30. The van der Waals surface area contributed by atoms with E-state index in [0.29, 0.717) is 35.3 Å². The molecule has 0 fully saturated rings. The summed E-state index contributed by atoms with van der Waals surface area (Å²) < 4.78 is 10.8. The van der Waals surface area contributed by atoms with Crippen LogP contribution in [-0.2, 0) is 4.79 Å². The standard InChI is InChI=1S/C21H24N4O3/c1-5-15-8-7-9-16(12-15)24-20(26)14-23-21(22-3)25-17-10-11-18(27-4)19(13-17)28-6-2/h1,7-13H,6,14H2,2-4H3,(H,24,26)(H2,22,23,25). The van der Waals surface area contributed by atoms with Crippen LogP contribution in [0.1, 0.15) is 12.5 Å². The number of benzene rings is 2. The largest absolute Gasteiger partial charge is 0.493 e. The second-order valence-corrected chi connectivity index (χ2v) is 5.62. The van der Waals surface area contributed by atoms with Gasteiger partial charge in [-0.15, -0.1) is 6.42 Å². The first-order valence-corrected chi connectivity index (χ1v) is 8.74. The molecule has 0 bridgehead atoms. The molecule has 7 heteroatoms. The highest BCUT2D eigenvalue weighted by Gasteiger charge is 2.08. The molecule has 0 aliphatic carbocycles. The van der Waals surface area contributed by atoms with E-state index in [1.54, 1.807) is 50.6 Å². The first-order chi connectivity index (χ1) is 13.6. The SMILES string of the molecule is C#Cc1cccc(NC(=O)CNC(=NC)Nc2ccc(OC)c(OCC)c2)c1. The lowest BCUT2D eigenvalue weighted by atomic mass is 10.2. The van der Waals surface area contributed by atoms with Gasteiger partial charge < -0.3 is 25.4 Å². The van der Waals surface area contributed by atoms with Crippen LogP contribution in [0.15, 0.2) is 47.5 Å². The van der Waals surface area contributed by atoms with Crippen LogP contribution in [0.4, 0.5) is 11.4 Å². The summed E-state index contributed by atoms with van der Waals surface area (Å²) in [4.78, 5) is 16.3. The number of hydrogen-bond donors (Lipinski definition) is 3. The molecule has 3 N–H and O–H groups in total. The maximum atomic E-state index is 12.2. The molecule has 2 aromatic rings. The molecule has 0 unspecified atom stereocenters. The normalized spacial score (nSPS) is 10.6. The zero-order chi connectivity index (χ0) is 20.4. The number of hydrogen-bond acceptors (Lipinski definition) is 4. The Bertz CT molecular complexity index is 887. The average Bonchev–Trinajstić information content (AvgIpc) is 2.71. The van der Waals surface area contributed by atoms with Crippen LogP contribution in [0, 0.1) is 12.3 Å². The van der Waals surface area contributed by atoms with Crippen LogP contribution in [0.2, 0.25) is 0 Å². The number of rotatable bonds is 7.